The molecule has 4 unspecified atom stereocenters. The van der Waals surface area contributed by atoms with Crippen LogP contribution >= 0.6 is 0 Å². The Labute approximate surface area is 157 Å². The van der Waals surface area contributed by atoms with Crippen molar-refractivity contribution in [1.29, 1.82) is 0 Å². The number of nitrogens with one attached hydrogen (secondary N) is 1. The van der Waals surface area contributed by atoms with E-state index in [0.717, 1.165) is 29.1 Å². The summed E-state index contributed by atoms with van der Waals surface area (Å²) in [5, 5.41) is 17.1. The smallest absolute Gasteiger partial charge is 0.307 e. The SMILES string of the molecule is Cc1nn(-c2ccccc2)c(C)c1CNC(=O)C1C2C=CC(C2)C1C(=O)O. The van der Waals surface area contributed by atoms with Crippen molar-refractivity contribution in [1.82, 2.24) is 15.1 Å². The normalized spacial score (nSPS) is 25.7. The van der Waals surface area contributed by atoms with Crippen LogP contribution in [0, 0.1) is 37.5 Å². The minimum Gasteiger partial charge on any atom is -0.481 e. The lowest BCUT2D eigenvalue weighted by Gasteiger charge is -2.23. The van der Waals surface area contributed by atoms with Gasteiger partial charge in [0.1, 0.15) is 0 Å². The summed E-state index contributed by atoms with van der Waals surface area (Å²) in [7, 11) is 0. The van der Waals surface area contributed by atoms with Crippen molar-refractivity contribution in [2.75, 3.05) is 0 Å². The molecule has 6 heteroatoms. The predicted molar refractivity (Wildman–Crippen MR) is 100 cm³/mol. The van der Waals surface area contributed by atoms with Gasteiger partial charge in [0.2, 0.25) is 5.91 Å². The standard InChI is InChI=1S/C21H23N3O3/c1-12-17(13(2)24(23-12)16-6-4-3-5-7-16)11-22-20(25)18-14-8-9-15(10-14)19(18)21(26)27/h3-9,14-15,18-19H,10-11H2,1-2H3,(H,22,25)(H,26,27). The van der Waals surface area contributed by atoms with E-state index in [1.54, 1.807) is 0 Å². The highest BCUT2D eigenvalue weighted by Crippen LogP contribution is 2.48. The van der Waals surface area contributed by atoms with Crippen molar-refractivity contribution in [3.05, 3.63) is 59.4 Å². The van der Waals surface area contributed by atoms with Gasteiger partial charge in [0.05, 0.1) is 23.2 Å². The van der Waals surface area contributed by atoms with Gasteiger partial charge in [-0.3, -0.25) is 9.59 Å². The summed E-state index contributed by atoms with van der Waals surface area (Å²) in [5.41, 5.74) is 3.78. The maximum absolute atomic E-state index is 12.8. The van der Waals surface area contributed by atoms with E-state index in [-0.39, 0.29) is 17.7 Å². The van der Waals surface area contributed by atoms with E-state index >= 15 is 0 Å². The topological polar surface area (TPSA) is 84.2 Å². The van der Waals surface area contributed by atoms with Gasteiger partial charge in [-0.1, -0.05) is 30.4 Å². The summed E-state index contributed by atoms with van der Waals surface area (Å²) >= 11 is 0. The molecular formula is C21H23N3O3. The molecule has 0 radical (unpaired) electrons. The minimum atomic E-state index is -0.878. The summed E-state index contributed by atoms with van der Waals surface area (Å²) in [6.07, 6.45) is 4.71. The number of rotatable bonds is 5. The highest BCUT2D eigenvalue weighted by atomic mass is 16.4. The number of allylic oxidation sites excluding steroid dienone is 2. The van der Waals surface area contributed by atoms with Crippen LogP contribution < -0.4 is 5.32 Å². The monoisotopic (exact) mass is 365 g/mol. The molecule has 1 heterocycles. The van der Waals surface area contributed by atoms with Gasteiger partial charge in [-0.2, -0.15) is 5.10 Å². The molecule has 1 saturated carbocycles. The van der Waals surface area contributed by atoms with Gasteiger partial charge < -0.3 is 10.4 Å². The molecule has 0 aliphatic heterocycles. The Kier molecular flexibility index (Phi) is 4.34. The zero-order valence-corrected chi connectivity index (χ0v) is 15.4. The third-order valence-electron chi connectivity index (χ3n) is 5.93. The highest BCUT2D eigenvalue weighted by Gasteiger charge is 2.51. The van der Waals surface area contributed by atoms with Crippen LogP contribution in [0.4, 0.5) is 0 Å². The Balaban J connectivity index is 1.51. The molecule has 6 nitrogen and oxygen atoms in total. The maximum atomic E-state index is 12.8. The van der Waals surface area contributed by atoms with Gasteiger partial charge in [-0.15, -0.1) is 0 Å². The summed E-state index contributed by atoms with van der Waals surface area (Å²) in [5.74, 6) is -2.14. The van der Waals surface area contributed by atoms with E-state index in [0.29, 0.717) is 6.54 Å². The number of hydrogen-bond acceptors (Lipinski definition) is 3. The summed E-state index contributed by atoms with van der Waals surface area (Å²) < 4.78 is 1.87. The Morgan fingerprint density at radius 2 is 1.81 bits per heavy atom. The van der Waals surface area contributed by atoms with Crippen LogP contribution in [0.1, 0.15) is 23.4 Å². The van der Waals surface area contributed by atoms with Crippen LogP contribution in [0.15, 0.2) is 42.5 Å². The Hall–Kier alpha value is -2.89. The average Bonchev–Trinajstić information content (AvgIpc) is 3.34. The fourth-order valence-electron chi connectivity index (χ4n) is 4.56. The molecule has 2 N–H and O–H groups in total. The molecule has 0 spiro atoms. The number of amides is 1. The van der Waals surface area contributed by atoms with Crippen LogP contribution in [-0.2, 0) is 16.1 Å². The van der Waals surface area contributed by atoms with Crippen molar-refractivity contribution < 1.29 is 14.7 Å². The number of carboxylic acid groups (broad SMARTS) is 1. The first-order valence-corrected chi connectivity index (χ1v) is 9.26. The van der Waals surface area contributed by atoms with E-state index in [4.69, 9.17) is 0 Å². The summed E-state index contributed by atoms with van der Waals surface area (Å²) in [6, 6.07) is 9.85. The number of hydrogen-bond donors (Lipinski definition) is 2. The molecule has 1 aromatic heterocycles. The Bertz CT molecular complexity index is 916. The lowest BCUT2D eigenvalue weighted by atomic mass is 9.82. The molecule has 4 atom stereocenters. The quantitative estimate of drug-likeness (QED) is 0.798. The number of carbonyl (C=O) groups excluding carboxylic acids is 1. The lowest BCUT2D eigenvalue weighted by Crippen LogP contribution is -2.40. The van der Waals surface area contributed by atoms with E-state index in [9.17, 15) is 14.7 Å². The maximum Gasteiger partial charge on any atom is 0.307 e. The van der Waals surface area contributed by atoms with E-state index < -0.39 is 17.8 Å². The number of carboxylic acids is 1. The zero-order chi connectivity index (χ0) is 19.1. The number of nitrogens with zero attached hydrogens (tertiary/aromatic N) is 2. The molecule has 1 fully saturated rings. The molecular weight excluding hydrogens is 342 g/mol. The zero-order valence-electron chi connectivity index (χ0n) is 15.4. The number of aromatic nitrogens is 2. The molecule has 27 heavy (non-hydrogen) atoms. The molecule has 2 aliphatic rings. The third-order valence-corrected chi connectivity index (χ3v) is 5.93. The average molecular weight is 365 g/mol. The Morgan fingerprint density at radius 3 is 2.48 bits per heavy atom. The predicted octanol–water partition coefficient (Wildman–Crippen LogP) is 2.63. The molecule has 4 rings (SSSR count). The second-order valence-corrected chi connectivity index (χ2v) is 7.45. The number of benzene rings is 1. The van der Waals surface area contributed by atoms with Gasteiger partial charge in [-0.25, -0.2) is 4.68 Å². The minimum absolute atomic E-state index is 0.0208. The van der Waals surface area contributed by atoms with Crippen molar-refractivity contribution in [2.24, 2.45) is 23.7 Å². The van der Waals surface area contributed by atoms with Crippen molar-refractivity contribution >= 4 is 11.9 Å². The summed E-state index contributed by atoms with van der Waals surface area (Å²) in [4.78, 5) is 24.4. The lowest BCUT2D eigenvalue weighted by molar-refractivity contribution is -0.147. The van der Waals surface area contributed by atoms with Crippen LogP contribution in [-0.4, -0.2) is 26.8 Å². The van der Waals surface area contributed by atoms with Gasteiger partial charge in [-0.05, 0) is 44.2 Å². The molecule has 1 aromatic carbocycles. The van der Waals surface area contributed by atoms with Crippen LogP contribution in [0.5, 0.6) is 0 Å². The molecule has 2 bridgehead atoms. The first-order valence-electron chi connectivity index (χ1n) is 9.26. The second kappa shape index (κ2) is 6.68. The molecule has 2 aliphatic carbocycles. The van der Waals surface area contributed by atoms with Crippen LogP contribution in [0.3, 0.4) is 0 Å². The van der Waals surface area contributed by atoms with Gasteiger partial charge in [0.25, 0.3) is 0 Å². The van der Waals surface area contributed by atoms with Crippen molar-refractivity contribution in [3.8, 4) is 5.69 Å². The number of carbonyl (C=O) groups is 2. The first-order chi connectivity index (χ1) is 13.0. The summed E-state index contributed by atoms with van der Waals surface area (Å²) in [6.45, 7) is 4.26. The van der Waals surface area contributed by atoms with Crippen LogP contribution in [0.25, 0.3) is 5.69 Å². The van der Waals surface area contributed by atoms with E-state index in [1.165, 1.54) is 0 Å². The van der Waals surface area contributed by atoms with E-state index in [2.05, 4.69) is 10.4 Å². The largest absolute Gasteiger partial charge is 0.481 e. The van der Waals surface area contributed by atoms with E-state index in [1.807, 2.05) is 61.0 Å². The van der Waals surface area contributed by atoms with Gasteiger partial charge >= 0.3 is 5.97 Å². The molecule has 0 saturated heterocycles. The fourth-order valence-corrected chi connectivity index (χ4v) is 4.56. The van der Waals surface area contributed by atoms with Gasteiger partial charge in [0.15, 0.2) is 0 Å². The number of para-hydroxylation sites is 1. The van der Waals surface area contributed by atoms with Gasteiger partial charge in [0, 0.05) is 17.8 Å². The van der Waals surface area contributed by atoms with Crippen molar-refractivity contribution in [2.45, 2.75) is 26.8 Å². The number of aliphatic carboxylic acids is 1. The first kappa shape index (κ1) is 17.5. The highest BCUT2D eigenvalue weighted by molar-refractivity contribution is 5.86. The number of aryl methyl sites for hydroxylation is 1. The molecule has 140 valence electrons. The fraction of sp³-hybridized carbons (Fsp3) is 0.381. The van der Waals surface area contributed by atoms with Crippen molar-refractivity contribution in [3.63, 3.8) is 0 Å². The number of fused-ring (bicyclic) bond motifs is 2. The molecule has 2 aromatic rings. The molecule has 1 amide bonds. The van der Waals surface area contributed by atoms with Crippen LogP contribution in [0.2, 0.25) is 0 Å². The Morgan fingerprint density at radius 1 is 1.15 bits per heavy atom. The third kappa shape index (κ3) is 2.95. The second-order valence-electron chi connectivity index (χ2n) is 7.45.